The highest BCUT2D eigenvalue weighted by molar-refractivity contribution is 5.27. The number of aromatic hydroxyl groups is 1. The van der Waals surface area contributed by atoms with Gasteiger partial charge in [0.2, 0.25) is 0 Å². The van der Waals surface area contributed by atoms with Crippen LogP contribution in [-0.4, -0.2) is 39.8 Å². The first-order valence-corrected chi connectivity index (χ1v) is 8.42. The summed E-state index contributed by atoms with van der Waals surface area (Å²) in [6.45, 7) is 2.29. The molecule has 0 amide bonds. The number of aliphatic hydroxyl groups excluding tert-OH is 1. The Morgan fingerprint density at radius 2 is 1.57 bits per heavy atom. The van der Waals surface area contributed by atoms with E-state index in [1.54, 1.807) is 12.1 Å². The van der Waals surface area contributed by atoms with Gasteiger partial charge in [-0.25, -0.2) is 0 Å². The van der Waals surface area contributed by atoms with Crippen molar-refractivity contribution in [2.75, 3.05) is 13.1 Å². The molecule has 0 spiro atoms. The van der Waals surface area contributed by atoms with Gasteiger partial charge in [-0.15, -0.1) is 0 Å². The van der Waals surface area contributed by atoms with E-state index in [0.717, 1.165) is 31.5 Å². The largest absolute Gasteiger partial charge is 0.508 e. The lowest BCUT2D eigenvalue weighted by molar-refractivity contribution is -0.0380. The van der Waals surface area contributed by atoms with Crippen LogP contribution in [0.4, 0.5) is 0 Å². The number of piperidine rings is 1. The third-order valence-corrected chi connectivity index (χ3v) is 5.44. The number of rotatable bonds is 4. The maximum Gasteiger partial charge on any atom is 0.115 e. The summed E-state index contributed by atoms with van der Waals surface area (Å²) in [6, 6.07) is 7.28. The van der Waals surface area contributed by atoms with E-state index < -0.39 is 0 Å². The average molecular weight is 289 g/mol. The molecule has 1 unspecified atom stereocenters. The second-order valence-electron chi connectivity index (χ2n) is 6.74. The van der Waals surface area contributed by atoms with E-state index in [1.165, 1.54) is 32.1 Å². The quantitative estimate of drug-likeness (QED) is 0.895. The summed E-state index contributed by atoms with van der Waals surface area (Å²) in [4.78, 5) is 2.58. The number of benzene rings is 1. The Bertz CT molecular complexity index is 445. The van der Waals surface area contributed by atoms with E-state index in [4.69, 9.17) is 0 Å². The normalized spacial score (nSPS) is 24.0. The molecule has 1 saturated heterocycles. The summed E-state index contributed by atoms with van der Waals surface area (Å²) >= 11 is 0. The van der Waals surface area contributed by atoms with Crippen LogP contribution in [0.5, 0.6) is 5.75 Å². The third kappa shape index (κ3) is 3.09. The van der Waals surface area contributed by atoms with Crippen molar-refractivity contribution in [3.63, 3.8) is 0 Å². The predicted molar refractivity (Wildman–Crippen MR) is 84.4 cm³/mol. The minimum absolute atomic E-state index is 0.00168. The van der Waals surface area contributed by atoms with Crippen LogP contribution in [-0.2, 0) is 6.42 Å². The zero-order chi connectivity index (χ0) is 14.7. The molecule has 1 heterocycles. The summed E-state index contributed by atoms with van der Waals surface area (Å²) in [5.74, 6) is 0.292. The lowest BCUT2D eigenvalue weighted by atomic mass is 9.83. The molecule has 1 aliphatic heterocycles. The summed E-state index contributed by atoms with van der Waals surface area (Å²) in [5.41, 5.74) is 1.11. The highest BCUT2D eigenvalue weighted by Gasteiger charge is 2.45. The van der Waals surface area contributed by atoms with Crippen LogP contribution in [0.1, 0.15) is 50.5 Å². The summed E-state index contributed by atoms with van der Waals surface area (Å²) < 4.78 is 0. The molecular weight excluding hydrogens is 262 g/mol. The van der Waals surface area contributed by atoms with E-state index in [-0.39, 0.29) is 11.6 Å². The molecule has 2 fully saturated rings. The average Bonchev–Trinajstić information content (AvgIpc) is 3.01. The van der Waals surface area contributed by atoms with Crippen LogP contribution in [0, 0.1) is 0 Å². The van der Waals surface area contributed by atoms with Crippen LogP contribution in [0.3, 0.4) is 0 Å². The Hall–Kier alpha value is -1.06. The van der Waals surface area contributed by atoms with Crippen LogP contribution >= 0.6 is 0 Å². The molecule has 0 radical (unpaired) electrons. The Morgan fingerprint density at radius 1 is 0.952 bits per heavy atom. The van der Waals surface area contributed by atoms with Crippen molar-refractivity contribution < 1.29 is 10.2 Å². The van der Waals surface area contributed by atoms with Gasteiger partial charge in [-0.3, -0.25) is 4.90 Å². The van der Waals surface area contributed by atoms with Gasteiger partial charge in [0.05, 0.1) is 6.10 Å². The second-order valence-corrected chi connectivity index (χ2v) is 6.74. The highest BCUT2D eigenvalue weighted by Crippen LogP contribution is 2.40. The number of likely N-dealkylation sites (tertiary alicyclic amines) is 1. The molecule has 1 saturated carbocycles. The molecule has 2 N–H and O–H groups in total. The monoisotopic (exact) mass is 289 g/mol. The smallest absolute Gasteiger partial charge is 0.115 e. The standard InChI is InChI=1S/C18H27NO2/c20-16-8-6-15(7-9-16)14-17(21)18(10-2-3-11-18)19-12-4-1-5-13-19/h6-9,17,20-21H,1-5,10-14H2. The number of phenols is 1. The summed E-state index contributed by atoms with van der Waals surface area (Å²) in [7, 11) is 0. The molecule has 1 aromatic carbocycles. The van der Waals surface area contributed by atoms with Crippen molar-refractivity contribution >= 4 is 0 Å². The van der Waals surface area contributed by atoms with E-state index >= 15 is 0 Å². The third-order valence-electron chi connectivity index (χ3n) is 5.44. The number of nitrogens with zero attached hydrogens (tertiary/aromatic N) is 1. The van der Waals surface area contributed by atoms with Crippen molar-refractivity contribution in [3.8, 4) is 5.75 Å². The van der Waals surface area contributed by atoms with Crippen molar-refractivity contribution in [1.29, 1.82) is 0 Å². The summed E-state index contributed by atoms with van der Waals surface area (Å²) in [6.07, 6.45) is 9.01. The van der Waals surface area contributed by atoms with Gasteiger partial charge in [-0.05, 0) is 56.5 Å². The molecule has 1 atom stereocenters. The van der Waals surface area contributed by atoms with Crippen LogP contribution in [0.15, 0.2) is 24.3 Å². The Kier molecular flexibility index (Phi) is 4.51. The topological polar surface area (TPSA) is 43.7 Å². The van der Waals surface area contributed by atoms with E-state index in [2.05, 4.69) is 4.90 Å². The van der Waals surface area contributed by atoms with E-state index in [9.17, 15) is 10.2 Å². The number of hydrogen-bond acceptors (Lipinski definition) is 3. The first-order valence-electron chi connectivity index (χ1n) is 8.42. The minimum Gasteiger partial charge on any atom is -0.508 e. The molecule has 116 valence electrons. The van der Waals surface area contributed by atoms with Gasteiger partial charge in [-0.1, -0.05) is 31.4 Å². The van der Waals surface area contributed by atoms with E-state index in [0.29, 0.717) is 12.2 Å². The minimum atomic E-state index is -0.303. The van der Waals surface area contributed by atoms with Gasteiger partial charge in [0.25, 0.3) is 0 Å². The Balaban J connectivity index is 1.74. The highest BCUT2D eigenvalue weighted by atomic mass is 16.3. The molecule has 0 bridgehead atoms. The maximum atomic E-state index is 11.0. The molecule has 1 aliphatic carbocycles. The molecule has 1 aromatic rings. The first-order chi connectivity index (χ1) is 10.2. The molecule has 3 nitrogen and oxygen atoms in total. The molecule has 3 heteroatoms. The zero-order valence-corrected chi connectivity index (χ0v) is 12.8. The van der Waals surface area contributed by atoms with Crippen molar-refractivity contribution in [3.05, 3.63) is 29.8 Å². The fraction of sp³-hybridized carbons (Fsp3) is 0.667. The van der Waals surface area contributed by atoms with Crippen molar-refractivity contribution in [2.24, 2.45) is 0 Å². The van der Waals surface area contributed by atoms with Crippen LogP contribution < -0.4 is 0 Å². The molecule has 21 heavy (non-hydrogen) atoms. The van der Waals surface area contributed by atoms with Gasteiger partial charge in [-0.2, -0.15) is 0 Å². The Labute approximate surface area is 127 Å². The molecule has 2 aliphatic rings. The number of aliphatic hydroxyl groups is 1. The molecule has 3 rings (SSSR count). The van der Waals surface area contributed by atoms with Gasteiger partial charge in [0.15, 0.2) is 0 Å². The molecular formula is C18H27NO2. The van der Waals surface area contributed by atoms with Crippen molar-refractivity contribution in [1.82, 2.24) is 4.90 Å². The Morgan fingerprint density at radius 3 is 2.19 bits per heavy atom. The van der Waals surface area contributed by atoms with Gasteiger partial charge in [0.1, 0.15) is 5.75 Å². The van der Waals surface area contributed by atoms with Gasteiger partial charge >= 0.3 is 0 Å². The zero-order valence-electron chi connectivity index (χ0n) is 12.8. The van der Waals surface area contributed by atoms with Crippen LogP contribution in [0.2, 0.25) is 0 Å². The fourth-order valence-electron chi connectivity index (χ4n) is 4.23. The SMILES string of the molecule is Oc1ccc(CC(O)C2(N3CCCCC3)CCCC2)cc1. The lowest BCUT2D eigenvalue weighted by Crippen LogP contribution is -2.57. The maximum absolute atomic E-state index is 11.0. The second kappa shape index (κ2) is 6.37. The predicted octanol–water partition coefficient (Wildman–Crippen LogP) is 3.09. The van der Waals surface area contributed by atoms with Crippen molar-refractivity contribution in [2.45, 2.75) is 63.0 Å². The fourth-order valence-corrected chi connectivity index (χ4v) is 4.23. The van der Waals surface area contributed by atoms with E-state index in [1.807, 2.05) is 12.1 Å². The van der Waals surface area contributed by atoms with Gasteiger partial charge in [0, 0.05) is 12.0 Å². The number of hydrogen-bond donors (Lipinski definition) is 2. The number of phenolic OH excluding ortho intramolecular Hbond substituents is 1. The van der Waals surface area contributed by atoms with Gasteiger partial charge < -0.3 is 10.2 Å². The summed E-state index contributed by atoms with van der Waals surface area (Å²) in [5, 5.41) is 20.4. The lowest BCUT2D eigenvalue weighted by Gasteiger charge is -2.46. The van der Waals surface area contributed by atoms with Crippen LogP contribution in [0.25, 0.3) is 0 Å². The molecule has 0 aromatic heterocycles. The first kappa shape index (κ1) is 14.9.